The van der Waals surface area contributed by atoms with Gasteiger partial charge in [-0.1, -0.05) is 18.5 Å². The molecule has 21 heavy (non-hydrogen) atoms. The summed E-state index contributed by atoms with van der Waals surface area (Å²) in [7, 11) is 0. The zero-order valence-corrected chi connectivity index (χ0v) is 12.8. The first kappa shape index (κ1) is 15.5. The maximum absolute atomic E-state index is 12.2. The summed E-state index contributed by atoms with van der Waals surface area (Å²) in [6.45, 7) is 3.61. The van der Waals surface area contributed by atoms with Crippen molar-refractivity contribution in [1.82, 2.24) is 15.1 Å². The van der Waals surface area contributed by atoms with Gasteiger partial charge in [-0.25, -0.2) is 4.68 Å². The van der Waals surface area contributed by atoms with E-state index in [1.54, 1.807) is 29.9 Å². The molecule has 0 radical (unpaired) electrons. The van der Waals surface area contributed by atoms with E-state index in [4.69, 9.17) is 16.7 Å². The molecule has 0 saturated carbocycles. The van der Waals surface area contributed by atoms with Gasteiger partial charge in [-0.3, -0.25) is 4.79 Å². The molecule has 5 nitrogen and oxygen atoms in total. The maximum Gasteiger partial charge on any atom is 0.255 e. The van der Waals surface area contributed by atoms with E-state index in [9.17, 15) is 4.79 Å². The van der Waals surface area contributed by atoms with Crippen molar-refractivity contribution in [2.24, 2.45) is 0 Å². The first-order chi connectivity index (χ1) is 10.0. The predicted molar refractivity (Wildman–Crippen MR) is 81.9 cm³/mol. The van der Waals surface area contributed by atoms with Crippen LogP contribution in [0.5, 0.6) is 0 Å². The number of halogens is 1. The fourth-order valence-corrected chi connectivity index (χ4v) is 2.08. The number of aromatic nitrogens is 2. The van der Waals surface area contributed by atoms with E-state index in [1.807, 2.05) is 19.1 Å². The van der Waals surface area contributed by atoms with E-state index in [0.29, 0.717) is 22.7 Å². The van der Waals surface area contributed by atoms with Crippen molar-refractivity contribution >= 4 is 17.5 Å². The molecule has 2 aromatic rings. The van der Waals surface area contributed by atoms with Crippen LogP contribution in [0.15, 0.2) is 30.5 Å². The fraction of sp³-hybridized carbons (Fsp3) is 0.333. The highest BCUT2D eigenvalue weighted by atomic mass is 35.5. The van der Waals surface area contributed by atoms with Gasteiger partial charge in [0.05, 0.1) is 29.6 Å². The highest BCUT2D eigenvalue weighted by Gasteiger charge is 2.16. The monoisotopic (exact) mass is 307 g/mol. The Labute approximate surface area is 128 Å². The van der Waals surface area contributed by atoms with Crippen molar-refractivity contribution in [3.05, 3.63) is 46.7 Å². The van der Waals surface area contributed by atoms with Crippen LogP contribution in [0, 0.1) is 6.92 Å². The standard InChI is InChI=1S/C15H18ClN3O2/c1-3-12(9-20)17-15(21)14-8-19(18-10(14)2)13-6-4-11(16)5-7-13/h4-8,12,20H,3,9H2,1-2H3,(H,17,21). The molecule has 112 valence electrons. The summed E-state index contributed by atoms with van der Waals surface area (Å²) in [5, 5.41) is 16.9. The van der Waals surface area contributed by atoms with Gasteiger partial charge in [0.25, 0.3) is 5.91 Å². The number of carbonyl (C=O) groups excluding carboxylic acids is 1. The Hall–Kier alpha value is -1.85. The molecule has 1 amide bonds. The normalized spacial score (nSPS) is 12.2. The Bertz CT molecular complexity index is 618. The van der Waals surface area contributed by atoms with Gasteiger partial charge in [0.1, 0.15) is 0 Å². The van der Waals surface area contributed by atoms with Gasteiger partial charge in [0.15, 0.2) is 0 Å². The number of nitrogens with zero attached hydrogens (tertiary/aromatic N) is 2. The SMILES string of the molecule is CCC(CO)NC(=O)c1cn(-c2ccc(Cl)cc2)nc1C. The van der Waals surface area contributed by atoms with Gasteiger partial charge in [-0.2, -0.15) is 5.10 Å². The van der Waals surface area contributed by atoms with E-state index < -0.39 is 0 Å². The van der Waals surface area contributed by atoms with Crippen molar-refractivity contribution in [2.75, 3.05) is 6.61 Å². The van der Waals surface area contributed by atoms with Gasteiger partial charge in [-0.15, -0.1) is 0 Å². The lowest BCUT2D eigenvalue weighted by molar-refractivity contribution is 0.0914. The van der Waals surface area contributed by atoms with E-state index >= 15 is 0 Å². The maximum atomic E-state index is 12.2. The molecule has 2 N–H and O–H groups in total. The van der Waals surface area contributed by atoms with Gasteiger partial charge < -0.3 is 10.4 Å². The van der Waals surface area contributed by atoms with Gasteiger partial charge in [0, 0.05) is 11.2 Å². The summed E-state index contributed by atoms with van der Waals surface area (Å²) >= 11 is 5.86. The molecule has 1 aromatic carbocycles. The van der Waals surface area contributed by atoms with E-state index in [2.05, 4.69) is 10.4 Å². The summed E-state index contributed by atoms with van der Waals surface area (Å²) in [4.78, 5) is 12.2. The summed E-state index contributed by atoms with van der Waals surface area (Å²) in [5.41, 5.74) is 1.96. The smallest absolute Gasteiger partial charge is 0.255 e. The highest BCUT2D eigenvalue weighted by Crippen LogP contribution is 2.15. The Kier molecular flexibility index (Phi) is 4.98. The van der Waals surface area contributed by atoms with Crippen LogP contribution in [0.3, 0.4) is 0 Å². The van der Waals surface area contributed by atoms with Crippen LogP contribution >= 0.6 is 11.6 Å². The van der Waals surface area contributed by atoms with Crippen molar-refractivity contribution < 1.29 is 9.90 Å². The Balaban J connectivity index is 2.22. The second-order valence-electron chi connectivity index (χ2n) is 4.81. The van der Waals surface area contributed by atoms with Crippen LogP contribution < -0.4 is 5.32 Å². The average Bonchev–Trinajstić information content (AvgIpc) is 2.87. The topological polar surface area (TPSA) is 67.2 Å². The molecular weight excluding hydrogens is 290 g/mol. The fourth-order valence-electron chi connectivity index (χ4n) is 1.95. The molecule has 1 atom stereocenters. The van der Waals surface area contributed by atoms with Crippen LogP contribution in [0.25, 0.3) is 5.69 Å². The summed E-state index contributed by atoms with van der Waals surface area (Å²) in [6, 6.07) is 6.97. The number of nitrogens with one attached hydrogen (secondary N) is 1. The molecule has 0 aliphatic heterocycles. The second-order valence-corrected chi connectivity index (χ2v) is 5.25. The van der Waals surface area contributed by atoms with Gasteiger partial charge >= 0.3 is 0 Å². The molecule has 0 saturated heterocycles. The molecule has 0 bridgehead atoms. The Morgan fingerprint density at radius 3 is 2.67 bits per heavy atom. The van der Waals surface area contributed by atoms with Crippen molar-refractivity contribution in [3.63, 3.8) is 0 Å². The largest absolute Gasteiger partial charge is 0.394 e. The van der Waals surface area contributed by atoms with Crippen molar-refractivity contribution in [3.8, 4) is 5.69 Å². The molecule has 0 fully saturated rings. The van der Waals surface area contributed by atoms with Crippen LogP contribution in [0.4, 0.5) is 0 Å². The van der Waals surface area contributed by atoms with E-state index in [-0.39, 0.29) is 18.6 Å². The number of hydrogen-bond acceptors (Lipinski definition) is 3. The summed E-state index contributed by atoms with van der Waals surface area (Å²) in [6.07, 6.45) is 2.35. The Morgan fingerprint density at radius 2 is 2.10 bits per heavy atom. The number of hydrogen-bond donors (Lipinski definition) is 2. The number of carbonyl (C=O) groups is 1. The summed E-state index contributed by atoms with van der Waals surface area (Å²) in [5.74, 6) is -0.228. The molecule has 0 spiro atoms. The number of benzene rings is 1. The zero-order valence-electron chi connectivity index (χ0n) is 12.0. The van der Waals surface area contributed by atoms with E-state index in [1.165, 1.54) is 0 Å². The number of amides is 1. The molecular formula is C15H18ClN3O2. The van der Waals surface area contributed by atoms with Crippen molar-refractivity contribution in [1.29, 1.82) is 0 Å². The van der Waals surface area contributed by atoms with Crippen molar-refractivity contribution in [2.45, 2.75) is 26.3 Å². The molecule has 1 unspecified atom stereocenters. The highest BCUT2D eigenvalue weighted by molar-refractivity contribution is 6.30. The third kappa shape index (κ3) is 3.62. The van der Waals surface area contributed by atoms with Gasteiger partial charge in [0.2, 0.25) is 0 Å². The predicted octanol–water partition coefficient (Wildman–Crippen LogP) is 2.33. The molecule has 1 heterocycles. The lowest BCUT2D eigenvalue weighted by atomic mass is 10.2. The van der Waals surface area contributed by atoms with Crippen LogP contribution in [-0.4, -0.2) is 33.4 Å². The zero-order chi connectivity index (χ0) is 15.4. The number of aliphatic hydroxyl groups excluding tert-OH is 1. The van der Waals surface area contributed by atoms with Crippen LogP contribution in [0.2, 0.25) is 5.02 Å². The van der Waals surface area contributed by atoms with Crippen LogP contribution in [0.1, 0.15) is 29.4 Å². The second kappa shape index (κ2) is 6.74. The van der Waals surface area contributed by atoms with Crippen LogP contribution in [-0.2, 0) is 0 Å². The minimum atomic E-state index is -0.240. The Morgan fingerprint density at radius 1 is 1.43 bits per heavy atom. The third-order valence-electron chi connectivity index (χ3n) is 3.28. The van der Waals surface area contributed by atoms with Gasteiger partial charge in [-0.05, 0) is 37.6 Å². The quantitative estimate of drug-likeness (QED) is 0.891. The lowest BCUT2D eigenvalue weighted by Gasteiger charge is -2.13. The minimum Gasteiger partial charge on any atom is -0.394 e. The van der Waals surface area contributed by atoms with E-state index in [0.717, 1.165) is 5.69 Å². The molecule has 6 heteroatoms. The molecule has 0 aliphatic rings. The number of rotatable bonds is 5. The third-order valence-corrected chi connectivity index (χ3v) is 3.54. The first-order valence-corrected chi connectivity index (χ1v) is 7.17. The molecule has 1 aromatic heterocycles. The lowest BCUT2D eigenvalue weighted by Crippen LogP contribution is -2.37. The number of aryl methyl sites for hydroxylation is 1. The molecule has 2 rings (SSSR count). The average molecular weight is 308 g/mol. The minimum absolute atomic E-state index is 0.0768. The molecule has 0 aliphatic carbocycles. The number of aliphatic hydroxyl groups is 1. The first-order valence-electron chi connectivity index (χ1n) is 6.79. The summed E-state index contributed by atoms with van der Waals surface area (Å²) < 4.78 is 1.64.